The standard InChI is InChI=1S/C16H19N3O4/c1-11(20)13(8-12-6-4-3-5-7-12)17-14(21)9-19-15(22)10-18(2)16(19)23/h3-7,13H,8-10H2,1-2H3,(H,17,21)/t13-/m0/s1. The smallest absolute Gasteiger partial charge is 0.327 e. The van der Waals surface area contributed by atoms with E-state index in [2.05, 4.69) is 5.32 Å². The van der Waals surface area contributed by atoms with E-state index in [4.69, 9.17) is 0 Å². The van der Waals surface area contributed by atoms with E-state index in [1.54, 1.807) is 0 Å². The summed E-state index contributed by atoms with van der Waals surface area (Å²) >= 11 is 0. The topological polar surface area (TPSA) is 86.8 Å². The maximum Gasteiger partial charge on any atom is 0.327 e. The number of ketones is 1. The number of rotatable bonds is 6. The van der Waals surface area contributed by atoms with Crippen LogP contribution in [0.5, 0.6) is 0 Å². The molecule has 4 amide bonds. The Kier molecular flexibility index (Phi) is 5.10. The first-order chi connectivity index (χ1) is 10.9. The van der Waals surface area contributed by atoms with Crippen molar-refractivity contribution in [1.29, 1.82) is 0 Å². The molecule has 1 N–H and O–H groups in total. The van der Waals surface area contributed by atoms with Gasteiger partial charge in [0.2, 0.25) is 5.91 Å². The molecule has 0 spiro atoms. The predicted molar refractivity (Wildman–Crippen MR) is 82.5 cm³/mol. The number of urea groups is 1. The molecule has 1 aromatic carbocycles. The fraction of sp³-hybridized carbons (Fsp3) is 0.375. The highest BCUT2D eigenvalue weighted by Gasteiger charge is 2.35. The highest BCUT2D eigenvalue weighted by Crippen LogP contribution is 2.08. The number of benzene rings is 1. The lowest BCUT2D eigenvalue weighted by Crippen LogP contribution is -2.47. The van der Waals surface area contributed by atoms with Gasteiger partial charge in [0.1, 0.15) is 13.1 Å². The fourth-order valence-corrected chi connectivity index (χ4v) is 2.35. The lowest BCUT2D eigenvalue weighted by molar-refractivity contribution is -0.132. The Hall–Kier alpha value is -2.70. The van der Waals surface area contributed by atoms with Crippen molar-refractivity contribution >= 4 is 23.6 Å². The average molecular weight is 317 g/mol. The lowest BCUT2D eigenvalue weighted by atomic mass is 10.0. The van der Waals surface area contributed by atoms with Gasteiger partial charge >= 0.3 is 6.03 Å². The first-order valence-electron chi connectivity index (χ1n) is 7.27. The first kappa shape index (κ1) is 16.7. The van der Waals surface area contributed by atoms with Gasteiger partial charge in [-0.15, -0.1) is 0 Å². The number of carbonyl (C=O) groups excluding carboxylic acids is 4. The van der Waals surface area contributed by atoms with Crippen molar-refractivity contribution in [2.45, 2.75) is 19.4 Å². The van der Waals surface area contributed by atoms with E-state index in [1.165, 1.54) is 18.9 Å². The van der Waals surface area contributed by atoms with Crippen molar-refractivity contribution in [2.24, 2.45) is 0 Å². The van der Waals surface area contributed by atoms with Gasteiger partial charge < -0.3 is 10.2 Å². The van der Waals surface area contributed by atoms with Crippen LogP contribution in [0, 0.1) is 0 Å². The summed E-state index contributed by atoms with van der Waals surface area (Å²) in [6, 6.07) is 8.11. The Morgan fingerprint density at radius 2 is 1.87 bits per heavy atom. The van der Waals surface area contributed by atoms with E-state index in [9.17, 15) is 19.2 Å². The predicted octanol–water partition coefficient (Wildman–Crippen LogP) is 0.197. The maximum atomic E-state index is 12.1. The van der Waals surface area contributed by atoms with Crippen LogP contribution in [0.4, 0.5) is 4.79 Å². The van der Waals surface area contributed by atoms with Gasteiger partial charge in [0.05, 0.1) is 6.04 Å². The SMILES string of the molecule is CC(=O)[C@H](Cc1ccccc1)NC(=O)CN1C(=O)CN(C)C1=O. The molecule has 1 aliphatic heterocycles. The molecule has 1 saturated heterocycles. The number of hydrogen-bond acceptors (Lipinski definition) is 4. The second-order valence-electron chi connectivity index (χ2n) is 5.54. The number of imide groups is 1. The van der Waals surface area contributed by atoms with Crippen LogP contribution in [-0.2, 0) is 20.8 Å². The number of carbonyl (C=O) groups is 4. The zero-order valence-corrected chi connectivity index (χ0v) is 13.1. The van der Waals surface area contributed by atoms with Gasteiger partial charge in [-0.25, -0.2) is 4.79 Å². The van der Waals surface area contributed by atoms with E-state index in [0.29, 0.717) is 6.42 Å². The zero-order valence-electron chi connectivity index (χ0n) is 13.1. The summed E-state index contributed by atoms with van der Waals surface area (Å²) in [7, 11) is 1.49. The molecule has 0 unspecified atom stereocenters. The van der Waals surface area contributed by atoms with Crippen LogP contribution in [0.15, 0.2) is 30.3 Å². The number of likely N-dealkylation sites (N-methyl/N-ethyl adjacent to an activating group) is 1. The molecule has 2 rings (SSSR count). The molecule has 0 aliphatic carbocycles. The van der Waals surface area contributed by atoms with Crippen molar-refractivity contribution < 1.29 is 19.2 Å². The highest BCUT2D eigenvalue weighted by atomic mass is 16.2. The van der Waals surface area contributed by atoms with Crippen molar-refractivity contribution in [2.75, 3.05) is 20.1 Å². The number of nitrogens with one attached hydrogen (secondary N) is 1. The van der Waals surface area contributed by atoms with E-state index in [-0.39, 0.29) is 18.9 Å². The van der Waals surface area contributed by atoms with Gasteiger partial charge in [-0.1, -0.05) is 30.3 Å². The van der Waals surface area contributed by atoms with Crippen LogP contribution in [0.25, 0.3) is 0 Å². The van der Waals surface area contributed by atoms with Gasteiger partial charge in [0.25, 0.3) is 5.91 Å². The molecule has 0 aromatic heterocycles. The Bertz CT molecular complexity index is 629. The largest absolute Gasteiger partial charge is 0.344 e. The zero-order chi connectivity index (χ0) is 17.0. The van der Waals surface area contributed by atoms with Gasteiger partial charge in [0, 0.05) is 7.05 Å². The number of amides is 4. The Morgan fingerprint density at radius 1 is 1.22 bits per heavy atom. The molecule has 1 fully saturated rings. The summed E-state index contributed by atoms with van der Waals surface area (Å²) < 4.78 is 0. The summed E-state index contributed by atoms with van der Waals surface area (Å²) in [5, 5.41) is 2.59. The minimum atomic E-state index is -0.685. The molecule has 0 bridgehead atoms. The number of Topliss-reactive ketones (excluding diaryl/α,β-unsaturated/α-hetero) is 1. The quantitative estimate of drug-likeness (QED) is 0.759. The summed E-state index contributed by atoms with van der Waals surface area (Å²) in [5.41, 5.74) is 0.918. The van der Waals surface area contributed by atoms with E-state index in [0.717, 1.165) is 10.5 Å². The minimum absolute atomic E-state index is 0.0355. The average Bonchev–Trinajstić information content (AvgIpc) is 2.74. The molecule has 7 nitrogen and oxygen atoms in total. The third-order valence-electron chi connectivity index (χ3n) is 3.64. The third kappa shape index (κ3) is 4.15. The molecule has 7 heteroatoms. The summed E-state index contributed by atoms with van der Waals surface area (Å²) in [6.07, 6.45) is 0.365. The first-order valence-corrected chi connectivity index (χ1v) is 7.27. The molecule has 0 saturated carbocycles. The number of nitrogens with zero attached hydrogens (tertiary/aromatic N) is 2. The molecular weight excluding hydrogens is 298 g/mol. The molecule has 0 radical (unpaired) electrons. The van der Waals surface area contributed by atoms with Crippen molar-refractivity contribution in [1.82, 2.24) is 15.1 Å². The molecule has 23 heavy (non-hydrogen) atoms. The molecule has 1 aromatic rings. The van der Waals surface area contributed by atoms with Crippen LogP contribution in [0.2, 0.25) is 0 Å². The van der Waals surface area contributed by atoms with Crippen molar-refractivity contribution in [3.05, 3.63) is 35.9 Å². The third-order valence-corrected chi connectivity index (χ3v) is 3.64. The van der Waals surface area contributed by atoms with Crippen LogP contribution >= 0.6 is 0 Å². The summed E-state index contributed by atoms with van der Waals surface area (Å²) in [4.78, 5) is 49.3. The van der Waals surface area contributed by atoms with E-state index in [1.807, 2.05) is 30.3 Å². The second kappa shape index (κ2) is 7.04. The van der Waals surface area contributed by atoms with Gasteiger partial charge in [-0.2, -0.15) is 0 Å². The highest BCUT2D eigenvalue weighted by molar-refractivity contribution is 6.04. The Balaban J connectivity index is 1.97. The molecule has 122 valence electrons. The lowest BCUT2D eigenvalue weighted by Gasteiger charge is -2.18. The van der Waals surface area contributed by atoms with Gasteiger partial charge in [-0.05, 0) is 18.9 Å². The van der Waals surface area contributed by atoms with Crippen molar-refractivity contribution in [3.8, 4) is 0 Å². The molecule has 1 aliphatic rings. The fourth-order valence-electron chi connectivity index (χ4n) is 2.35. The molecule has 1 heterocycles. The summed E-state index contributed by atoms with van der Waals surface area (Å²) in [6.45, 7) is 0.987. The van der Waals surface area contributed by atoms with Gasteiger partial charge in [0.15, 0.2) is 5.78 Å². The molecule has 1 atom stereocenters. The van der Waals surface area contributed by atoms with E-state index >= 15 is 0 Å². The van der Waals surface area contributed by atoms with Crippen LogP contribution < -0.4 is 5.32 Å². The Labute approximate surface area is 134 Å². The second-order valence-corrected chi connectivity index (χ2v) is 5.54. The van der Waals surface area contributed by atoms with Crippen LogP contribution in [0.3, 0.4) is 0 Å². The Morgan fingerprint density at radius 3 is 2.39 bits per heavy atom. The minimum Gasteiger partial charge on any atom is -0.344 e. The van der Waals surface area contributed by atoms with Gasteiger partial charge in [-0.3, -0.25) is 19.3 Å². The van der Waals surface area contributed by atoms with Crippen LogP contribution in [0.1, 0.15) is 12.5 Å². The van der Waals surface area contributed by atoms with Crippen molar-refractivity contribution in [3.63, 3.8) is 0 Å². The monoisotopic (exact) mass is 317 g/mol. The summed E-state index contributed by atoms with van der Waals surface area (Å²) in [5.74, 6) is -1.13. The maximum absolute atomic E-state index is 12.1. The number of hydrogen-bond donors (Lipinski definition) is 1. The normalized spacial score (nSPS) is 15.7. The molecular formula is C16H19N3O4. The van der Waals surface area contributed by atoms with E-state index < -0.39 is 23.9 Å². The van der Waals surface area contributed by atoms with Crippen LogP contribution in [-0.4, -0.2) is 59.6 Å².